The average Bonchev–Trinajstić information content (AvgIpc) is 2.41. The van der Waals surface area contributed by atoms with Crippen LogP contribution < -0.4 is 4.74 Å². The lowest BCUT2D eigenvalue weighted by atomic mass is 10.1. The van der Waals surface area contributed by atoms with Crippen LogP contribution in [-0.4, -0.2) is 5.11 Å². The highest BCUT2D eigenvalue weighted by Gasteiger charge is 2.12. The molecule has 2 aromatic rings. The summed E-state index contributed by atoms with van der Waals surface area (Å²) in [6.07, 6.45) is -0.650. The molecule has 0 aliphatic rings. The fourth-order valence-electron chi connectivity index (χ4n) is 2.07. The summed E-state index contributed by atoms with van der Waals surface area (Å²) < 4.78 is 5.89. The summed E-state index contributed by atoms with van der Waals surface area (Å²) in [5, 5.41) is 18.8. The molecule has 3 nitrogen and oxygen atoms in total. The second-order valence-electron chi connectivity index (χ2n) is 4.91. The number of aryl methyl sites for hydroxylation is 2. The molecule has 102 valence electrons. The van der Waals surface area contributed by atoms with Crippen molar-refractivity contribution < 1.29 is 9.84 Å². The Hall–Kier alpha value is -2.31. The summed E-state index contributed by atoms with van der Waals surface area (Å²) in [5.74, 6) is 1.25. The van der Waals surface area contributed by atoms with Crippen molar-refractivity contribution >= 4 is 0 Å². The number of hydrogen-bond donors (Lipinski definition) is 1. The van der Waals surface area contributed by atoms with Crippen LogP contribution in [0.5, 0.6) is 11.5 Å². The van der Waals surface area contributed by atoms with E-state index in [-0.39, 0.29) is 0 Å². The lowest BCUT2D eigenvalue weighted by molar-refractivity contribution is 0.195. The van der Waals surface area contributed by atoms with Gasteiger partial charge in [0.1, 0.15) is 11.5 Å². The Bertz CT molecular complexity index is 669. The molecule has 0 fully saturated rings. The van der Waals surface area contributed by atoms with Gasteiger partial charge in [-0.2, -0.15) is 5.26 Å². The Morgan fingerprint density at radius 2 is 1.85 bits per heavy atom. The maximum atomic E-state index is 9.80. The van der Waals surface area contributed by atoms with Gasteiger partial charge in [0.05, 0.1) is 17.7 Å². The van der Waals surface area contributed by atoms with E-state index in [1.807, 2.05) is 32.0 Å². The van der Waals surface area contributed by atoms with Crippen LogP contribution in [0.25, 0.3) is 0 Å². The number of rotatable bonds is 3. The van der Waals surface area contributed by atoms with Gasteiger partial charge in [0.25, 0.3) is 0 Å². The van der Waals surface area contributed by atoms with Gasteiger partial charge in [0, 0.05) is 5.56 Å². The summed E-state index contributed by atoms with van der Waals surface area (Å²) in [7, 11) is 0. The summed E-state index contributed by atoms with van der Waals surface area (Å²) in [6, 6.07) is 13.0. The first kappa shape index (κ1) is 14.1. The molecule has 0 aromatic heterocycles. The van der Waals surface area contributed by atoms with Gasteiger partial charge in [-0.3, -0.25) is 0 Å². The number of nitriles is 1. The Morgan fingerprint density at radius 3 is 2.45 bits per heavy atom. The molecular formula is C17H17NO2. The standard InChI is InChI=1S/C17H17NO2/c1-11-4-7-16(12(2)8-11)20-17-9-14(10-18)5-6-15(17)13(3)19/h4-9,13,19H,1-3H3/t13-/m1/s1. The molecule has 20 heavy (non-hydrogen) atoms. The molecule has 0 unspecified atom stereocenters. The highest BCUT2D eigenvalue weighted by Crippen LogP contribution is 2.32. The minimum absolute atomic E-state index is 0.508. The van der Waals surface area contributed by atoms with Crippen LogP contribution in [0.3, 0.4) is 0 Å². The zero-order chi connectivity index (χ0) is 14.7. The summed E-state index contributed by atoms with van der Waals surface area (Å²) >= 11 is 0. The number of aliphatic hydroxyl groups is 1. The molecule has 1 N–H and O–H groups in total. The lowest BCUT2D eigenvalue weighted by Gasteiger charge is -2.15. The van der Waals surface area contributed by atoms with Crippen molar-refractivity contribution in [1.29, 1.82) is 5.26 Å². The predicted octanol–water partition coefficient (Wildman–Crippen LogP) is 4.02. The van der Waals surface area contributed by atoms with Crippen LogP contribution >= 0.6 is 0 Å². The first-order valence-corrected chi connectivity index (χ1v) is 6.48. The SMILES string of the molecule is Cc1ccc(Oc2cc(C#N)ccc2[C@@H](C)O)c(C)c1. The third-order valence-corrected chi connectivity index (χ3v) is 3.14. The largest absolute Gasteiger partial charge is 0.457 e. The van der Waals surface area contributed by atoms with Crippen molar-refractivity contribution in [2.24, 2.45) is 0 Å². The van der Waals surface area contributed by atoms with E-state index < -0.39 is 6.10 Å². The molecule has 0 bridgehead atoms. The van der Waals surface area contributed by atoms with E-state index >= 15 is 0 Å². The zero-order valence-corrected chi connectivity index (χ0v) is 11.8. The van der Waals surface area contributed by atoms with Gasteiger partial charge in [-0.1, -0.05) is 23.8 Å². The highest BCUT2D eigenvalue weighted by atomic mass is 16.5. The number of ether oxygens (including phenoxy) is 1. The normalized spacial score (nSPS) is 11.8. The number of hydrogen-bond acceptors (Lipinski definition) is 3. The summed E-state index contributed by atoms with van der Waals surface area (Å²) in [4.78, 5) is 0. The summed E-state index contributed by atoms with van der Waals surface area (Å²) in [6.45, 7) is 5.67. The van der Waals surface area contributed by atoms with E-state index in [2.05, 4.69) is 6.07 Å². The van der Waals surface area contributed by atoms with Gasteiger partial charge < -0.3 is 9.84 Å². The van der Waals surface area contributed by atoms with E-state index in [4.69, 9.17) is 10.00 Å². The molecule has 0 saturated carbocycles. The second kappa shape index (κ2) is 5.77. The molecule has 0 aliphatic carbocycles. The molecule has 0 saturated heterocycles. The molecule has 0 radical (unpaired) electrons. The van der Waals surface area contributed by atoms with Crippen LogP contribution in [0.15, 0.2) is 36.4 Å². The Balaban J connectivity index is 2.43. The van der Waals surface area contributed by atoms with Gasteiger partial charge in [-0.15, -0.1) is 0 Å². The summed E-state index contributed by atoms with van der Waals surface area (Å²) in [5.41, 5.74) is 3.36. The van der Waals surface area contributed by atoms with Crippen LogP contribution in [0.2, 0.25) is 0 Å². The Morgan fingerprint density at radius 1 is 1.10 bits per heavy atom. The number of nitrogens with zero attached hydrogens (tertiary/aromatic N) is 1. The van der Waals surface area contributed by atoms with E-state index in [0.29, 0.717) is 16.9 Å². The quantitative estimate of drug-likeness (QED) is 0.913. The maximum Gasteiger partial charge on any atom is 0.134 e. The van der Waals surface area contributed by atoms with Crippen molar-refractivity contribution in [2.45, 2.75) is 26.9 Å². The topological polar surface area (TPSA) is 53.2 Å². The third kappa shape index (κ3) is 2.98. The minimum atomic E-state index is -0.650. The van der Waals surface area contributed by atoms with Crippen LogP contribution in [-0.2, 0) is 0 Å². The number of benzene rings is 2. The molecular weight excluding hydrogens is 250 g/mol. The monoisotopic (exact) mass is 267 g/mol. The molecule has 0 spiro atoms. The molecule has 3 heteroatoms. The van der Waals surface area contributed by atoms with Crippen molar-refractivity contribution in [3.63, 3.8) is 0 Å². The molecule has 2 rings (SSSR count). The maximum absolute atomic E-state index is 9.80. The van der Waals surface area contributed by atoms with E-state index in [1.54, 1.807) is 25.1 Å². The van der Waals surface area contributed by atoms with Crippen LogP contribution in [0.4, 0.5) is 0 Å². The third-order valence-electron chi connectivity index (χ3n) is 3.14. The molecule has 0 amide bonds. The van der Waals surface area contributed by atoms with Crippen molar-refractivity contribution in [1.82, 2.24) is 0 Å². The van der Waals surface area contributed by atoms with Gasteiger partial charge in [0.15, 0.2) is 0 Å². The van der Waals surface area contributed by atoms with Crippen molar-refractivity contribution in [2.75, 3.05) is 0 Å². The molecule has 1 atom stereocenters. The van der Waals surface area contributed by atoms with Gasteiger partial charge >= 0.3 is 0 Å². The Kier molecular flexibility index (Phi) is 4.07. The molecule has 0 aliphatic heterocycles. The highest BCUT2D eigenvalue weighted by molar-refractivity contribution is 5.47. The van der Waals surface area contributed by atoms with Gasteiger partial charge in [-0.25, -0.2) is 0 Å². The fraction of sp³-hybridized carbons (Fsp3) is 0.235. The van der Waals surface area contributed by atoms with Crippen LogP contribution in [0.1, 0.15) is 35.3 Å². The van der Waals surface area contributed by atoms with E-state index in [9.17, 15) is 5.11 Å². The van der Waals surface area contributed by atoms with E-state index in [0.717, 1.165) is 16.9 Å². The lowest BCUT2D eigenvalue weighted by Crippen LogP contribution is -1.98. The molecule has 0 heterocycles. The fourth-order valence-corrected chi connectivity index (χ4v) is 2.07. The minimum Gasteiger partial charge on any atom is -0.457 e. The first-order chi connectivity index (χ1) is 9.51. The molecule has 2 aromatic carbocycles. The van der Waals surface area contributed by atoms with Gasteiger partial charge in [-0.05, 0) is 44.5 Å². The zero-order valence-electron chi connectivity index (χ0n) is 11.8. The predicted molar refractivity (Wildman–Crippen MR) is 77.8 cm³/mol. The first-order valence-electron chi connectivity index (χ1n) is 6.48. The van der Waals surface area contributed by atoms with E-state index in [1.165, 1.54) is 0 Å². The number of aliphatic hydroxyl groups excluding tert-OH is 1. The van der Waals surface area contributed by atoms with Crippen molar-refractivity contribution in [3.05, 3.63) is 58.7 Å². The van der Waals surface area contributed by atoms with Crippen LogP contribution in [0, 0.1) is 25.2 Å². The Labute approximate surface area is 119 Å². The van der Waals surface area contributed by atoms with Gasteiger partial charge in [0.2, 0.25) is 0 Å². The van der Waals surface area contributed by atoms with Crippen molar-refractivity contribution in [3.8, 4) is 17.6 Å². The second-order valence-corrected chi connectivity index (χ2v) is 4.91. The smallest absolute Gasteiger partial charge is 0.134 e. The average molecular weight is 267 g/mol.